The third-order valence-corrected chi connectivity index (χ3v) is 2.89. The second-order valence-corrected chi connectivity index (χ2v) is 5.74. The third-order valence-electron chi connectivity index (χ3n) is 2.89. The second-order valence-electron chi connectivity index (χ2n) is 5.74. The van der Waals surface area contributed by atoms with E-state index in [4.69, 9.17) is 15.6 Å². The number of carbonyl (C=O) groups is 2. The van der Waals surface area contributed by atoms with Crippen LogP contribution in [0.25, 0.3) is 0 Å². The van der Waals surface area contributed by atoms with Gasteiger partial charge in [-0.05, 0) is 33.1 Å². The fraction of sp³-hybridized carbons (Fsp3) is 0.833. The summed E-state index contributed by atoms with van der Waals surface area (Å²) >= 11 is 0. The van der Waals surface area contributed by atoms with Gasteiger partial charge in [-0.25, -0.2) is 4.79 Å². The smallest absolute Gasteiger partial charge is 0.410 e. The molecule has 3 N–H and O–H groups in total. The molecule has 2 atom stereocenters. The number of hydrogen-bond donors (Lipinski definition) is 2. The molecule has 18 heavy (non-hydrogen) atoms. The minimum atomic E-state index is -0.904. The van der Waals surface area contributed by atoms with Gasteiger partial charge in [-0.3, -0.25) is 4.79 Å². The van der Waals surface area contributed by atoms with Crippen LogP contribution in [0.15, 0.2) is 0 Å². The van der Waals surface area contributed by atoms with Crippen LogP contribution < -0.4 is 5.73 Å². The van der Waals surface area contributed by atoms with Crippen molar-refractivity contribution in [2.75, 3.05) is 13.1 Å². The molecular formula is C12H22N2O4. The summed E-state index contributed by atoms with van der Waals surface area (Å²) in [6, 6.07) is -0.407. The van der Waals surface area contributed by atoms with Crippen LogP contribution in [0, 0.1) is 5.92 Å². The molecule has 1 amide bonds. The number of ether oxygens (including phenoxy) is 1. The summed E-state index contributed by atoms with van der Waals surface area (Å²) in [5, 5.41) is 8.69. The molecule has 1 aliphatic rings. The van der Waals surface area contributed by atoms with E-state index in [0.29, 0.717) is 13.1 Å². The van der Waals surface area contributed by atoms with Gasteiger partial charge in [-0.15, -0.1) is 0 Å². The molecule has 1 aliphatic heterocycles. The Morgan fingerprint density at radius 3 is 2.61 bits per heavy atom. The molecule has 104 valence electrons. The number of nitrogens with zero attached hydrogens (tertiary/aromatic N) is 1. The fourth-order valence-corrected chi connectivity index (χ4v) is 2.00. The Balaban J connectivity index is 2.46. The van der Waals surface area contributed by atoms with Gasteiger partial charge in [0, 0.05) is 19.1 Å². The predicted octanol–water partition coefficient (Wildman–Crippen LogP) is 1.05. The first kappa shape index (κ1) is 14.8. The Morgan fingerprint density at radius 2 is 2.11 bits per heavy atom. The van der Waals surface area contributed by atoms with E-state index < -0.39 is 17.6 Å². The van der Waals surface area contributed by atoms with Crippen molar-refractivity contribution in [3.8, 4) is 0 Å². The van der Waals surface area contributed by atoms with Crippen LogP contribution in [0.5, 0.6) is 0 Å². The molecular weight excluding hydrogens is 236 g/mol. The maximum atomic E-state index is 11.8. The Kier molecular flexibility index (Phi) is 4.56. The van der Waals surface area contributed by atoms with Gasteiger partial charge in [-0.2, -0.15) is 0 Å². The maximum absolute atomic E-state index is 11.8. The second kappa shape index (κ2) is 5.56. The van der Waals surface area contributed by atoms with Crippen LogP contribution in [0.1, 0.15) is 33.6 Å². The lowest BCUT2D eigenvalue weighted by molar-refractivity contribution is -0.137. The number of likely N-dealkylation sites (tertiary alicyclic amines) is 1. The lowest BCUT2D eigenvalue weighted by Crippen LogP contribution is -2.38. The molecule has 1 heterocycles. The first-order valence-electron chi connectivity index (χ1n) is 6.14. The highest BCUT2D eigenvalue weighted by molar-refractivity contribution is 5.69. The van der Waals surface area contributed by atoms with Gasteiger partial charge < -0.3 is 20.5 Å². The summed E-state index contributed by atoms with van der Waals surface area (Å²) in [5.41, 5.74) is 5.29. The topological polar surface area (TPSA) is 92.9 Å². The minimum absolute atomic E-state index is 0.0358. The van der Waals surface area contributed by atoms with E-state index in [0.717, 1.165) is 6.42 Å². The van der Waals surface area contributed by atoms with E-state index >= 15 is 0 Å². The molecule has 0 aromatic carbocycles. The van der Waals surface area contributed by atoms with Gasteiger partial charge in [-0.1, -0.05) is 0 Å². The SMILES string of the molecule is CC(C)(C)OC(=O)N1CC[C@@H]([C@H](N)CC(=O)O)C1. The number of carbonyl (C=O) groups excluding carboxylic acids is 1. The number of hydrogen-bond acceptors (Lipinski definition) is 4. The van der Waals surface area contributed by atoms with Crippen LogP contribution in [-0.4, -0.2) is 46.8 Å². The lowest BCUT2D eigenvalue weighted by atomic mass is 9.97. The van der Waals surface area contributed by atoms with Crippen LogP contribution in [-0.2, 0) is 9.53 Å². The highest BCUT2D eigenvalue weighted by atomic mass is 16.6. The summed E-state index contributed by atoms with van der Waals surface area (Å²) in [6.07, 6.45) is 0.313. The zero-order chi connectivity index (χ0) is 13.9. The van der Waals surface area contributed by atoms with Crippen LogP contribution >= 0.6 is 0 Å². The molecule has 0 saturated carbocycles. The first-order chi connectivity index (χ1) is 8.19. The monoisotopic (exact) mass is 258 g/mol. The quantitative estimate of drug-likeness (QED) is 0.789. The highest BCUT2D eigenvalue weighted by Crippen LogP contribution is 2.22. The summed E-state index contributed by atoms with van der Waals surface area (Å²) in [6.45, 7) is 6.49. The Hall–Kier alpha value is -1.30. The van der Waals surface area contributed by atoms with Gasteiger partial charge in [0.25, 0.3) is 0 Å². The molecule has 0 aromatic heterocycles. The number of carboxylic acids is 1. The molecule has 6 nitrogen and oxygen atoms in total. The third kappa shape index (κ3) is 4.52. The Labute approximate surface area is 107 Å². The van der Waals surface area contributed by atoms with Crippen molar-refractivity contribution >= 4 is 12.1 Å². The number of amides is 1. The predicted molar refractivity (Wildman–Crippen MR) is 66.1 cm³/mol. The average Bonchev–Trinajstić information content (AvgIpc) is 2.61. The van der Waals surface area contributed by atoms with E-state index in [1.165, 1.54) is 0 Å². The largest absolute Gasteiger partial charge is 0.481 e. The van der Waals surface area contributed by atoms with Crippen molar-refractivity contribution < 1.29 is 19.4 Å². The number of carboxylic acid groups (broad SMARTS) is 1. The summed E-state index contributed by atoms with van der Waals surface area (Å²) in [4.78, 5) is 24.0. The Bertz CT molecular complexity index is 325. The molecule has 1 fully saturated rings. The number of rotatable bonds is 3. The zero-order valence-corrected chi connectivity index (χ0v) is 11.2. The minimum Gasteiger partial charge on any atom is -0.481 e. The molecule has 0 aliphatic carbocycles. The van der Waals surface area contributed by atoms with Gasteiger partial charge in [0.15, 0.2) is 0 Å². The van der Waals surface area contributed by atoms with E-state index in [9.17, 15) is 9.59 Å². The van der Waals surface area contributed by atoms with Gasteiger partial charge in [0.05, 0.1) is 6.42 Å². The van der Waals surface area contributed by atoms with Crippen LogP contribution in [0.4, 0.5) is 4.79 Å². The normalized spacial score (nSPS) is 21.8. The lowest BCUT2D eigenvalue weighted by Gasteiger charge is -2.25. The summed E-state index contributed by atoms with van der Waals surface area (Å²) in [7, 11) is 0. The van der Waals surface area contributed by atoms with Gasteiger partial charge >= 0.3 is 12.1 Å². The van der Waals surface area contributed by atoms with Crippen molar-refractivity contribution in [3.63, 3.8) is 0 Å². The van der Waals surface area contributed by atoms with Crippen molar-refractivity contribution in [1.29, 1.82) is 0 Å². The summed E-state index contributed by atoms with van der Waals surface area (Å²) in [5.74, 6) is -0.869. The van der Waals surface area contributed by atoms with Crippen molar-refractivity contribution in [3.05, 3.63) is 0 Å². The van der Waals surface area contributed by atoms with Crippen LogP contribution in [0.3, 0.4) is 0 Å². The maximum Gasteiger partial charge on any atom is 0.410 e. The van der Waals surface area contributed by atoms with Crippen LogP contribution in [0.2, 0.25) is 0 Å². The molecule has 0 unspecified atom stereocenters. The fourth-order valence-electron chi connectivity index (χ4n) is 2.00. The molecule has 0 spiro atoms. The molecule has 0 aromatic rings. The molecule has 0 bridgehead atoms. The van der Waals surface area contributed by atoms with Crippen molar-refractivity contribution in [2.45, 2.75) is 45.3 Å². The standard InChI is InChI=1S/C12H22N2O4/c1-12(2,3)18-11(17)14-5-4-8(7-14)9(13)6-10(15)16/h8-9H,4-7,13H2,1-3H3,(H,15,16)/t8-,9-/m1/s1. The van der Waals surface area contributed by atoms with E-state index in [2.05, 4.69) is 0 Å². The Morgan fingerprint density at radius 1 is 1.50 bits per heavy atom. The molecule has 1 saturated heterocycles. The van der Waals surface area contributed by atoms with Gasteiger partial charge in [0.1, 0.15) is 5.60 Å². The van der Waals surface area contributed by atoms with E-state index in [-0.39, 0.29) is 18.4 Å². The van der Waals surface area contributed by atoms with E-state index in [1.54, 1.807) is 4.90 Å². The summed E-state index contributed by atoms with van der Waals surface area (Å²) < 4.78 is 5.26. The molecule has 0 radical (unpaired) electrons. The number of aliphatic carboxylic acids is 1. The highest BCUT2D eigenvalue weighted by Gasteiger charge is 2.33. The van der Waals surface area contributed by atoms with Gasteiger partial charge in [0.2, 0.25) is 0 Å². The first-order valence-corrected chi connectivity index (χ1v) is 6.14. The van der Waals surface area contributed by atoms with E-state index in [1.807, 2.05) is 20.8 Å². The zero-order valence-electron chi connectivity index (χ0n) is 11.2. The van der Waals surface area contributed by atoms with Crippen molar-refractivity contribution in [2.24, 2.45) is 11.7 Å². The average molecular weight is 258 g/mol. The molecule has 1 rings (SSSR count). The molecule has 6 heteroatoms. The van der Waals surface area contributed by atoms with Crippen molar-refractivity contribution in [1.82, 2.24) is 4.90 Å². The number of nitrogens with two attached hydrogens (primary N) is 1.